The van der Waals surface area contributed by atoms with E-state index in [2.05, 4.69) is 34.6 Å². The molecule has 0 bridgehead atoms. The molecule has 0 aromatic heterocycles. The smallest absolute Gasteiger partial charge is 0.196 e. The van der Waals surface area contributed by atoms with Crippen molar-refractivity contribution in [3.05, 3.63) is 59.1 Å². The van der Waals surface area contributed by atoms with Gasteiger partial charge in [0.1, 0.15) is 5.76 Å². The third kappa shape index (κ3) is 18.4. The molecule has 0 saturated heterocycles. The molecule has 0 unspecified atom stereocenters. The zero-order chi connectivity index (χ0) is 38.4. The number of hydrogen-bond donors (Lipinski definition) is 0. The lowest BCUT2D eigenvalue weighted by atomic mass is 9.96. The van der Waals surface area contributed by atoms with Gasteiger partial charge in [-0.15, -0.1) is 0 Å². The van der Waals surface area contributed by atoms with Gasteiger partial charge in [0, 0.05) is 5.57 Å². The summed E-state index contributed by atoms with van der Waals surface area (Å²) in [5.74, 6) is 1.28. The highest BCUT2D eigenvalue weighted by Crippen LogP contribution is 2.38. The number of hydrogen-bond acceptors (Lipinski definition) is 7. The van der Waals surface area contributed by atoms with E-state index in [-0.39, 0.29) is 5.78 Å². The van der Waals surface area contributed by atoms with Crippen LogP contribution in [0.25, 0.3) is 0 Å². The fourth-order valence-electron chi connectivity index (χ4n) is 6.39. The van der Waals surface area contributed by atoms with Gasteiger partial charge in [0.05, 0.1) is 52.1 Å². The quantitative estimate of drug-likeness (QED) is 0.0301. The molecule has 7 nitrogen and oxygen atoms in total. The van der Waals surface area contributed by atoms with Gasteiger partial charge in [-0.1, -0.05) is 137 Å². The van der Waals surface area contributed by atoms with Crippen molar-refractivity contribution in [1.29, 1.82) is 0 Å². The van der Waals surface area contributed by atoms with Crippen molar-refractivity contribution in [3.63, 3.8) is 0 Å². The van der Waals surface area contributed by atoms with Crippen molar-refractivity contribution in [2.45, 2.75) is 175 Å². The minimum atomic E-state index is -1.01. The standard InChI is InChI=1S/C46H76O7/c1-7-12-17-22-32-49-42-29-27-28-40(45(42)51-34-24-19-14-9-3)41(47)31-30-39-37-46(52-35-25-20-15-10-4,53-36-26-21-16-11-5)38-43(48-6)44(39)50-33-23-18-13-8-2/h27-31,37H,7-26,32-36,38H2,1-6H3/b31-30+. The molecule has 0 heterocycles. The van der Waals surface area contributed by atoms with Crippen LogP contribution in [0.4, 0.5) is 0 Å². The average molecular weight is 741 g/mol. The van der Waals surface area contributed by atoms with E-state index in [1.54, 1.807) is 13.2 Å². The van der Waals surface area contributed by atoms with Gasteiger partial charge in [0.2, 0.25) is 0 Å². The lowest BCUT2D eigenvalue weighted by molar-refractivity contribution is -0.210. The fraction of sp³-hybridized carbons (Fsp3) is 0.717. The van der Waals surface area contributed by atoms with Crippen molar-refractivity contribution in [2.24, 2.45) is 0 Å². The molecular weight excluding hydrogens is 664 g/mol. The molecule has 1 aliphatic rings. The normalized spacial score (nSPS) is 14.1. The zero-order valence-electron chi connectivity index (χ0n) is 34.7. The molecular formula is C46H76O7. The van der Waals surface area contributed by atoms with Crippen LogP contribution in [-0.2, 0) is 18.9 Å². The minimum Gasteiger partial charge on any atom is -0.497 e. The number of rotatable bonds is 34. The van der Waals surface area contributed by atoms with Crippen LogP contribution in [0, 0.1) is 0 Å². The molecule has 1 aromatic rings. The van der Waals surface area contributed by atoms with Crippen LogP contribution in [0.5, 0.6) is 11.5 Å². The summed E-state index contributed by atoms with van der Waals surface area (Å²) in [6, 6.07) is 5.62. The summed E-state index contributed by atoms with van der Waals surface area (Å²) >= 11 is 0. The van der Waals surface area contributed by atoms with Gasteiger partial charge in [0.15, 0.2) is 28.8 Å². The van der Waals surface area contributed by atoms with Crippen LogP contribution >= 0.6 is 0 Å². The van der Waals surface area contributed by atoms with E-state index in [1.807, 2.05) is 30.4 Å². The molecule has 1 aromatic carbocycles. The number of benzene rings is 1. The Balaban J connectivity index is 2.48. The predicted octanol–water partition coefficient (Wildman–Crippen LogP) is 13.0. The Labute approximate surface area is 324 Å². The number of ketones is 1. The van der Waals surface area contributed by atoms with E-state index in [4.69, 9.17) is 28.4 Å². The first-order valence-electron chi connectivity index (χ1n) is 21.5. The van der Waals surface area contributed by atoms with Gasteiger partial charge in [-0.05, 0) is 62.5 Å². The molecule has 0 saturated carbocycles. The summed E-state index contributed by atoms with van der Waals surface area (Å²) in [4.78, 5) is 14.1. The largest absolute Gasteiger partial charge is 0.497 e. The Bertz CT molecular complexity index is 1190. The third-order valence-corrected chi connectivity index (χ3v) is 9.64. The first kappa shape index (κ1) is 46.4. The Morgan fingerprint density at radius 1 is 0.623 bits per heavy atom. The third-order valence-electron chi connectivity index (χ3n) is 9.64. The second-order valence-corrected chi connectivity index (χ2v) is 14.4. The molecule has 0 spiro atoms. The van der Waals surface area contributed by atoms with E-state index in [9.17, 15) is 4.79 Å². The summed E-state index contributed by atoms with van der Waals surface area (Å²) < 4.78 is 38.3. The first-order valence-corrected chi connectivity index (χ1v) is 21.5. The minimum absolute atomic E-state index is 0.163. The number of allylic oxidation sites excluding steroid dienone is 2. The van der Waals surface area contributed by atoms with Gasteiger partial charge in [-0.25, -0.2) is 0 Å². The maximum atomic E-state index is 14.1. The van der Waals surface area contributed by atoms with E-state index in [1.165, 1.54) is 32.1 Å². The number of unbranched alkanes of at least 4 members (excludes halogenated alkanes) is 15. The molecule has 0 atom stereocenters. The van der Waals surface area contributed by atoms with E-state index in [0.29, 0.717) is 68.0 Å². The topological polar surface area (TPSA) is 72.5 Å². The number of methoxy groups -OCH3 is 1. The highest BCUT2D eigenvalue weighted by Gasteiger charge is 2.38. The Morgan fingerprint density at radius 2 is 1.11 bits per heavy atom. The predicted molar refractivity (Wildman–Crippen MR) is 219 cm³/mol. The van der Waals surface area contributed by atoms with Crippen LogP contribution < -0.4 is 9.47 Å². The van der Waals surface area contributed by atoms with Crippen molar-refractivity contribution in [1.82, 2.24) is 0 Å². The van der Waals surface area contributed by atoms with Crippen molar-refractivity contribution >= 4 is 5.78 Å². The van der Waals surface area contributed by atoms with Crippen LogP contribution in [0.3, 0.4) is 0 Å². The fourth-order valence-corrected chi connectivity index (χ4v) is 6.39. The Hall–Kier alpha value is -2.77. The SMILES string of the molecule is CCCCCCOC1=C(OC)CC(OCCCCCC)(OCCCCCC)C=C1/C=C/C(=O)c1cccc(OCCCCCC)c1OCCCCCC. The highest BCUT2D eigenvalue weighted by atomic mass is 16.7. The summed E-state index contributed by atoms with van der Waals surface area (Å²) in [7, 11) is 1.68. The maximum absolute atomic E-state index is 14.1. The zero-order valence-corrected chi connectivity index (χ0v) is 34.7. The second-order valence-electron chi connectivity index (χ2n) is 14.4. The second kappa shape index (κ2) is 29.6. The molecule has 2 rings (SSSR count). The summed E-state index contributed by atoms with van der Waals surface area (Å²) in [5.41, 5.74) is 1.22. The summed E-state index contributed by atoms with van der Waals surface area (Å²) in [6.45, 7) is 13.9. The van der Waals surface area contributed by atoms with E-state index >= 15 is 0 Å². The van der Waals surface area contributed by atoms with E-state index in [0.717, 1.165) is 102 Å². The molecule has 1 aliphatic carbocycles. The lowest BCUT2D eigenvalue weighted by Gasteiger charge is -2.36. The van der Waals surface area contributed by atoms with Crippen LogP contribution in [0.1, 0.15) is 180 Å². The summed E-state index contributed by atoms with van der Waals surface area (Å²) in [5, 5.41) is 0. The molecule has 0 N–H and O–H groups in total. The first-order chi connectivity index (χ1) is 26.0. The van der Waals surface area contributed by atoms with Gasteiger partial charge in [-0.3, -0.25) is 4.79 Å². The molecule has 7 heteroatoms. The van der Waals surface area contributed by atoms with Crippen LogP contribution in [-0.4, -0.2) is 51.7 Å². The van der Waals surface area contributed by atoms with Gasteiger partial charge in [-0.2, -0.15) is 0 Å². The molecule has 0 amide bonds. The Morgan fingerprint density at radius 3 is 1.62 bits per heavy atom. The molecule has 302 valence electrons. The number of ether oxygens (including phenoxy) is 6. The van der Waals surface area contributed by atoms with Gasteiger partial charge in [0.25, 0.3) is 0 Å². The number of carbonyl (C=O) groups is 1. The average Bonchev–Trinajstić information content (AvgIpc) is 3.17. The van der Waals surface area contributed by atoms with Crippen molar-refractivity contribution in [2.75, 3.05) is 40.1 Å². The van der Waals surface area contributed by atoms with Gasteiger partial charge >= 0.3 is 0 Å². The van der Waals surface area contributed by atoms with E-state index < -0.39 is 5.79 Å². The van der Waals surface area contributed by atoms with Crippen molar-refractivity contribution in [3.8, 4) is 11.5 Å². The van der Waals surface area contributed by atoms with Crippen LogP contribution in [0.15, 0.2) is 53.5 Å². The van der Waals surface area contributed by atoms with Gasteiger partial charge < -0.3 is 28.4 Å². The number of para-hydroxylation sites is 1. The lowest BCUT2D eigenvalue weighted by Crippen LogP contribution is -2.38. The molecule has 53 heavy (non-hydrogen) atoms. The molecule has 0 aliphatic heterocycles. The monoisotopic (exact) mass is 741 g/mol. The van der Waals surface area contributed by atoms with Crippen LogP contribution in [0.2, 0.25) is 0 Å². The highest BCUT2D eigenvalue weighted by molar-refractivity contribution is 6.07. The maximum Gasteiger partial charge on any atom is 0.196 e. The number of carbonyl (C=O) groups excluding carboxylic acids is 1. The Kier molecular flexibility index (Phi) is 25.9. The molecule has 0 fully saturated rings. The molecule has 0 radical (unpaired) electrons. The van der Waals surface area contributed by atoms with Crippen molar-refractivity contribution < 1.29 is 33.2 Å². The summed E-state index contributed by atoms with van der Waals surface area (Å²) in [6.07, 6.45) is 27.8.